The highest BCUT2D eigenvalue weighted by molar-refractivity contribution is 8.00. The van der Waals surface area contributed by atoms with Crippen LogP contribution in [0.25, 0.3) is 6.08 Å². The number of oxime groups is 1. The van der Waals surface area contributed by atoms with E-state index in [0.717, 1.165) is 16.2 Å². The molecule has 2 aromatic rings. The second kappa shape index (κ2) is 11.3. The van der Waals surface area contributed by atoms with Gasteiger partial charge in [0.05, 0.1) is 10.9 Å². The van der Waals surface area contributed by atoms with Gasteiger partial charge >= 0.3 is 11.9 Å². The molecule has 2 fully saturated rings. The van der Waals surface area contributed by atoms with E-state index in [4.69, 9.17) is 15.2 Å². The summed E-state index contributed by atoms with van der Waals surface area (Å²) >= 11 is 3.73. The minimum absolute atomic E-state index is 0.0131. The van der Waals surface area contributed by atoms with E-state index < -0.39 is 52.8 Å². The van der Waals surface area contributed by atoms with Gasteiger partial charge in [-0.05, 0) is 26.8 Å². The van der Waals surface area contributed by atoms with Crippen molar-refractivity contribution in [2.24, 2.45) is 16.0 Å². The van der Waals surface area contributed by atoms with Gasteiger partial charge in [0.1, 0.15) is 22.5 Å². The molecule has 2 aliphatic heterocycles. The van der Waals surface area contributed by atoms with Crippen LogP contribution in [0.1, 0.15) is 31.3 Å². The van der Waals surface area contributed by atoms with Crippen LogP contribution in [0, 0.1) is 10.8 Å². The average molecular weight is 595 g/mol. The first-order valence-corrected chi connectivity index (χ1v) is 14.3. The number of ether oxygens (including phenoxy) is 2. The molecule has 13 nitrogen and oxygen atoms in total. The van der Waals surface area contributed by atoms with Crippen molar-refractivity contribution < 1.29 is 33.9 Å². The molecular formula is C23H26N6O7S3. The van der Waals surface area contributed by atoms with Crippen LogP contribution >= 0.6 is 34.4 Å². The molecule has 0 aliphatic carbocycles. The minimum Gasteiger partial charge on any atom is -0.427 e. The first-order valence-electron chi connectivity index (χ1n) is 11.5. The van der Waals surface area contributed by atoms with Gasteiger partial charge in [0.25, 0.3) is 5.91 Å². The van der Waals surface area contributed by atoms with Crippen molar-refractivity contribution in [3.05, 3.63) is 33.7 Å². The van der Waals surface area contributed by atoms with Crippen molar-refractivity contribution in [3.8, 4) is 0 Å². The zero-order chi connectivity index (χ0) is 28.4. The van der Waals surface area contributed by atoms with Crippen LogP contribution in [0.5, 0.6) is 0 Å². The van der Waals surface area contributed by atoms with Crippen molar-refractivity contribution in [2.45, 2.75) is 32.2 Å². The van der Waals surface area contributed by atoms with Gasteiger partial charge in [-0.1, -0.05) is 11.2 Å². The Morgan fingerprint density at radius 2 is 2.10 bits per heavy atom. The predicted octanol–water partition coefficient (Wildman–Crippen LogP) is 1.55. The van der Waals surface area contributed by atoms with E-state index in [1.165, 1.54) is 33.4 Å². The van der Waals surface area contributed by atoms with E-state index in [9.17, 15) is 24.4 Å². The van der Waals surface area contributed by atoms with Crippen LogP contribution in [0.3, 0.4) is 0 Å². The quantitative estimate of drug-likeness (QED) is 0.101. The molecule has 4 heterocycles. The SMILES string of the molecule is CC(C)(C)C(=O)OCOC(=O)C1(C=Cc2cncs2)CS[C@@H]2C(NC(=O)C(=NO)c3csc(N)n3)C(=O)N2C1. The molecule has 16 heteroatoms. The number of nitrogens with two attached hydrogens (primary N) is 1. The Kier molecular flexibility index (Phi) is 8.27. The largest absolute Gasteiger partial charge is 0.427 e. The number of carbonyl (C=O) groups is 4. The number of carbonyl (C=O) groups excluding carboxylic acids is 4. The zero-order valence-corrected chi connectivity index (χ0v) is 23.6. The Hall–Kier alpha value is -3.50. The van der Waals surface area contributed by atoms with Crippen molar-refractivity contribution >= 4 is 75.1 Å². The molecule has 2 amide bonds. The molecule has 0 spiro atoms. The fraction of sp³-hybridized carbons (Fsp3) is 0.435. The molecule has 2 saturated heterocycles. The van der Waals surface area contributed by atoms with Gasteiger partial charge in [0, 0.05) is 28.8 Å². The molecule has 0 aromatic carbocycles. The van der Waals surface area contributed by atoms with Crippen molar-refractivity contribution in [3.63, 3.8) is 0 Å². The van der Waals surface area contributed by atoms with E-state index in [2.05, 4.69) is 20.4 Å². The van der Waals surface area contributed by atoms with Crippen LogP contribution in [-0.4, -0.2) is 80.0 Å². The summed E-state index contributed by atoms with van der Waals surface area (Å²) in [7, 11) is 0. The maximum Gasteiger partial charge on any atom is 0.321 e. The van der Waals surface area contributed by atoms with Crippen molar-refractivity contribution in [2.75, 3.05) is 24.8 Å². The molecular weight excluding hydrogens is 568 g/mol. The predicted molar refractivity (Wildman–Crippen MR) is 145 cm³/mol. The number of nitrogens with one attached hydrogen (secondary N) is 1. The number of rotatable bonds is 8. The summed E-state index contributed by atoms with van der Waals surface area (Å²) in [5.41, 5.74) is 4.96. The van der Waals surface area contributed by atoms with Crippen LogP contribution in [0.4, 0.5) is 5.13 Å². The van der Waals surface area contributed by atoms with Gasteiger partial charge in [-0.15, -0.1) is 34.4 Å². The summed E-state index contributed by atoms with van der Waals surface area (Å²) in [4.78, 5) is 61.3. The topological polar surface area (TPSA) is 186 Å². The van der Waals surface area contributed by atoms with Gasteiger partial charge < -0.3 is 30.6 Å². The molecule has 2 aliphatic rings. The second-order valence-corrected chi connectivity index (χ2v) is 12.7. The Balaban J connectivity index is 1.45. The molecule has 2 aromatic heterocycles. The summed E-state index contributed by atoms with van der Waals surface area (Å²) in [6.45, 7) is 4.47. The molecule has 2 unspecified atom stereocenters. The third-order valence-corrected chi connectivity index (χ3v) is 8.85. The van der Waals surface area contributed by atoms with Crippen LogP contribution in [-0.2, 0) is 28.7 Å². The number of aromatic nitrogens is 2. The molecule has 208 valence electrons. The smallest absolute Gasteiger partial charge is 0.321 e. The number of thiazole rings is 2. The first-order chi connectivity index (χ1) is 18.4. The fourth-order valence-electron chi connectivity index (χ4n) is 3.75. The van der Waals surface area contributed by atoms with Gasteiger partial charge in [0.15, 0.2) is 10.8 Å². The molecule has 3 atom stereocenters. The lowest BCUT2D eigenvalue weighted by Crippen LogP contribution is -2.74. The van der Waals surface area contributed by atoms with Gasteiger partial charge in [0.2, 0.25) is 12.7 Å². The lowest BCUT2D eigenvalue weighted by atomic mass is 9.86. The summed E-state index contributed by atoms with van der Waals surface area (Å²) in [6, 6.07) is -0.900. The molecule has 4 N–H and O–H groups in total. The second-order valence-electron chi connectivity index (χ2n) is 9.76. The number of amides is 2. The number of nitrogens with zero attached hydrogens (tertiary/aromatic N) is 4. The third kappa shape index (κ3) is 6.07. The molecule has 0 saturated carbocycles. The Labute approximate surface area is 235 Å². The maximum absolute atomic E-state index is 13.3. The van der Waals surface area contributed by atoms with Gasteiger partial charge in [-0.3, -0.25) is 24.2 Å². The van der Waals surface area contributed by atoms with Crippen LogP contribution in [0.15, 0.2) is 28.3 Å². The Bertz CT molecular complexity index is 1320. The monoisotopic (exact) mass is 594 g/mol. The van der Waals surface area contributed by atoms with Gasteiger partial charge in [-0.25, -0.2) is 4.98 Å². The highest BCUT2D eigenvalue weighted by Crippen LogP contribution is 2.44. The summed E-state index contributed by atoms with van der Waals surface area (Å²) in [5.74, 6) is -2.17. The number of thioether (sulfide) groups is 1. The van der Waals surface area contributed by atoms with Crippen molar-refractivity contribution in [1.82, 2.24) is 20.2 Å². The lowest BCUT2D eigenvalue weighted by molar-refractivity contribution is -0.178. The average Bonchev–Trinajstić information content (AvgIpc) is 3.57. The molecule has 0 bridgehead atoms. The Morgan fingerprint density at radius 1 is 1.33 bits per heavy atom. The zero-order valence-electron chi connectivity index (χ0n) is 21.2. The van der Waals surface area contributed by atoms with Crippen LogP contribution in [0.2, 0.25) is 0 Å². The summed E-state index contributed by atoms with van der Waals surface area (Å²) in [6.07, 6.45) is 5.04. The van der Waals surface area contributed by atoms with Crippen LogP contribution < -0.4 is 11.1 Å². The minimum atomic E-state index is -1.24. The number of anilines is 1. The highest BCUT2D eigenvalue weighted by atomic mass is 32.2. The maximum atomic E-state index is 13.3. The third-order valence-electron chi connectivity index (χ3n) is 5.89. The number of hydrogen-bond acceptors (Lipinski definition) is 14. The van der Waals surface area contributed by atoms with E-state index >= 15 is 0 Å². The van der Waals surface area contributed by atoms with E-state index in [0.29, 0.717) is 0 Å². The number of nitrogen functional groups attached to an aromatic ring is 1. The van der Waals surface area contributed by atoms with E-state index in [-0.39, 0.29) is 28.8 Å². The molecule has 39 heavy (non-hydrogen) atoms. The Morgan fingerprint density at radius 3 is 2.72 bits per heavy atom. The summed E-state index contributed by atoms with van der Waals surface area (Å²) < 4.78 is 10.4. The molecule has 0 radical (unpaired) electrons. The highest BCUT2D eigenvalue weighted by Gasteiger charge is 2.57. The first kappa shape index (κ1) is 28.5. The number of fused-ring (bicyclic) bond motifs is 1. The molecule has 4 rings (SSSR count). The standard InChI is InChI=1S/C23H26N6O7S3/c1-22(2,3)19(32)35-11-36-20(33)23(5-4-12-6-25-10-39-12)8-29-17(31)15(18(29)38-9-23)27-16(30)14(28-34)13-7-37-21(24)26-13/h4-7,10,15,18,34H,8-9,11H2,1-3H3,(H2,24,26)(H,27,30)/t15?,18-,23?/m1/s1. The van der Waals surface area contributed by atoms with Gasteiger partial charge in [-0.2, -0.15) is 0 Å². The summed E-state index contributed by atoms with van der Waals surface area (Å²) in [5, 5.41) is 16.1. The van der Waals surface area contributed by atoms with E-state index in [1.807, 2.05) is 0 Å². The fourth-order valence-corrected chi connectivity index (χ4v) is 6.32. The number of esters is 2. The lowest BCUT2D eigenvalue weighted by Gasteiger charge is -2.53. The normalized spacial score (nSPS) is 23.2. The number of β-lactam (4-membered cyclic amide) rings is 1. The van der Waals surface area contributed by atoms with Crippen molar-refractivity contribution in [1.29, 1.82) is 0 Å². The van der Waals surface area contributed by atoms with E-state index in [1.54, 1.807) is 44.6 Å². The number of hydrogen-bond donors (Lipinski definition) is 3.